The SMILES string of the molecule is O=c1[nH]c(-c2ccc(Cl)cc2)c(CN2CCOCC2)s1. The van der Waals surface area contributed by atoms with E-state index in [1.807, 2.05) is 24.3 Å². The fraction of sp³-hybridized carbons (Fsp3) is 0.357. The van der Waals surface area contributed by atoms with Gasteiger partial charge in [-0.3, -0.25) is 9.69 Å². The maximum Gasteiger partial charge on any atom is 0.305 e. The normalized spacial score (nSPS) is 16.4. The number of halogens is 1. The molecule has 2 aromatic rings. The lowest BCUT2D eigenvalue weighted by Crippen LogP contribution is -2.35. The van der Waals surface area contributed by atoms with Crippen LogP contribution >= 0.6 is 22.9 Å². The molecule has 0 bridgehead atoms. The number of aromatic amines is 1. The highest BCUT2D eigenvalue weighted by molar-refractivity contribution is 7.09. The van der Waals surface area contributed by atoms with E-state index < -0.39 is 0 Å². The van der Waals surface area contributed by atoms with Crippen molar-refractivity contribution in [2.45, 2.75) is 6.54 Å². The number of rotatable bonds is 3. The summed E-state index contributed by atoms with van der Waals surface area (Å²) in [5.74, 6) is 0. The quantitative estimate of drug-likeness (QED) is 0.948. The fourth-order valence-electron chi connectivity index (χ4n) is 2.28. The Hall–Kier alpha value is -1.14. The van der Waals surface area contributed by atoms with Crippen LogP contribution in [0.25, 0.3) is 11.3 Å². The first kappa shape index (κ1) is 13.8. The molecule has 20 heavy (non-hydrogen) atoms. The second-order valence-corrected chi connectivity index (χ2v) is 6.21. The van der Waals surface area contributed by atoms with E-state index in [4.69, 9.17) is 16.3 Å². The minimum absolute atomic E-state index is 0.0155. The third-order valence-electron chi connectivity index (χ3n) is 3.33. The van der Waals surface area contributed by atoms with E-state index in [1.54, 1.807) is 0 Å². The summed E-state index contributed by atoms with van der Waals surface area (Å²) in [6.07, 6.45) is 0. The molecule has 0 atom stereocenters. The average Bonchev–Trinajstić information content (AvgIpc) is 2.81. The molecule has 3 rings (SSSR count). The van der Waals surface area contributed by atoms with E-state index >= 15 is 0 Å². The Balaban J connectivity index is 1.87. The third kappa shape index (κ3) is 3.12. The van der Waals surface area contributed by atoms with Gasteiger partial charge in [-0.25, -0.2) is 0 Å². The van der Waals surface area contributed by atoms with Gasteiger partial charge in [-0.2, -0.15) is 0 Å². The number of ether oxygens (including phenoxy) is 1. The predicted molar refractivity (Wildman–Crippen MR) is 81.5 cm³/mol. The number of aromatic nitrogens is 1. The molecule has 0 unspecified atom stereocenters. The number of nitrogens with one attached hydrogen (secondary N) is 1. The summed E-state index contributed by atoms with van der Waals surface area (Å²) in [7, 11) is 0. The van der Waals surface area contributed by atoms with Crippen molar-refractivity contribution in [1.29, 1.82) is 0 Å². The van der Waals surface area contributed by atoms with Crippen molar-refractivity contribution in [1.82, 2.24) is 9.88 Å². The van der Waals surface area contributed by atoms with Crippen LogP contribution in [0.1, 0.15) is 4.88 Å². The molecule has 0 spiro atoms. The van der Waals surface area contributed by atoms with E-state index in [1.165, 1.54) is 11.3 Å². The Morgan fingerprint density at radius 1 is 1.25 bits per heavy atom. The second-order valence-electron chi connectivity index (χ2n) is 4.71. The molecule has 1 aliphatic rings. The van der Waals surface area contributed by atoms with Gasteiger partial charge in [0.05, 0.1) is 18.9 Å². The molecule has 0 aliphatic carbocycles. The number of thiazole rings is 1. The van der Waals surface area contributed by atoms with Crippen LogP contribution in [0, 0.1) is 0 Å². The Morgan fingerprint density at radius 3 is 2.65 bits per heavy atom. The van der Waals surface area contributed by atoms with Gasteiger partial charge >= 0.3 is 4.87 Å². The summed E-state index contributed by atoms with van der Waals surface area (Å²) in [5.41, 5.74) is 1.90. The number of benzene rings is 1. The third-order valence-corrected chi connectivity index (χ3v) is 4.44. The second kappa shape index (κ2) is 6.10. The molecule has 1 aliphatic heterocycles. The lowest BCUT2D eigenvalue weighted by molar-refractivity contribution is 0.0347. The summed E-state index contributed by atoms with van der Waals surface area (Å²) in [5, 5.41) is 0.695. The van der Waals surface area contributed by atoms with Crippen molar-refractivity contribution in [3.8, 4) is 11.3 Å². The van der Waals surface area contributed by atoms with Crippen LogP contribution in [0.3, 0.4) is 0 Å². The maximum atomic E-state index is 11.7. The van der Waals surface area contributed by atoms with Crippen molar-refractivity contribution >= 4 is 22.9 Å². The average molecular weight is 311 g/mol. The van der Waals surface area contributed by atoms with E-state index in [0.29, 0.717) is 5.02 Å². The van der Waals surface area contributed by atoms with E-state index in [2.05, 4.69) is 9.88 Å². The van der Waals surface area contributed by atoms with Gasteiger partial charge in [0, 0.05) is 29.5 Å². The molecule has 0 radical (unpaired) electrons. The van der Waals surface area contributed by atoms with Crippen molar-refractivity contribution < 1.29 is 4.74 Å². The summed E-state index contributed by atoms with van der Waals surface area (Å²) in [6.45, 7) is 4.12. The number of nitrogens with zero attached hydrogens (tertiary/aromatic N) is 1. The minimum atomic E-state index is -0.0155. The molecular weight excluding hydrogens is 296 g/mol. The first-order chi connectivity index (χ1) is 9.72. The lowest BCUT2D eigenvalue weighted by atomic mass is 10.1. The van der Waals surface area contributed by atoms with Crippen LogP contribution < -0.4 is 4.87 Å². The van der Waals surface area contributed by atoms with Gasteiger partial charge in [-0.1, -0.05) is 35.1 Å². The molecule has 1 aromatic heterocycles. The lowest BCUT2D eigenvalue weighted by Gasteiger charge is -2.26. The molecule has 1 saturated heterocycles. The van der Waals surface area contributed by atoms with E-state index in [9.17, 15) is 4.79 Å². The van der Waals surface area contributed by atoms with Crippen molar-refractivity contribution in [3.05, 3.63) is 43.8 Å². The summed E-state index contributed by atoms with van der Waals surface area (Å²) >= 11 is 7.19. The fourth-order valence-corrected chi connectivity index (χ4v) is 3.30. The number of morpholine rings is 1. The van der Waals surface area contributed by atoms with Gasteiger partial charge in [-0.05, 0) is 17.7 Å². The van der Waals surface area contributed by atoms with Gasteiger partial charge in [0.15, 0.2) is 0 Å². The molecule has 1 N–H and O–H groups in total. The summed E-state index contributed by atoms with van der Waals surface area (Å²) in [4.78, 5) is 18.0. The molecule has 1 aromatic carbocycles. The smallest absolute Gasteiger partial charge is 0.305 e. The van der Waals surface area contributed by atoms with Crippen LogP contribution in [0.5, 0.6) is 0 Å². The zero-order valence-electron chi connectivity index (χ0n) is 10.9. The van der Waals surface area contributed by atoms with Gasteiger partial charge in [-0.15, -0.1) is 0 Å². The molecular formula is C14H15ClN2O2S. The molecule has 6 heteroatoms. The monoisotopic (exact) mass is 310 g/mol. The van der Waals surface area contributed by atoms with Gasteiger partial charge in [0.25, 0.3) is 0 Å². The minimum Gasteiger partial charge on any atom is -0.379 e. The molecule has 0 amide bonds. The number of hydrogen-bond acceptors (Lipinski definition) is 4. The van der Waals surface area contributed by atoms with Crippen LogP contribution in [-0.2, 0) is 11.3 Å². The van der Waals surface area contributed by atoms with Crippen LogP contribution in [-0.4, -0.2) is 36.2 Å². The predicted octanol–water partition coefficient (Wildman–Crippen LogP) is 2.59. The largest absolute Gasteiger partial charge is 0.379 e. The van der Waals surface area contributed by atoms with Crippen molar-refractivity contribution in [2.75, 3.05) is 26.3 Å². The van der Waals surface area contributed by atoms with E-state index in [-0.39, 0.29) is 4.87 Å². The number of H-pyrrole nitrogens is 1. The number of hydrogen-bond donors (Lipinski definition) is 1. The van der Waals surface area contributed by atoms with Gasteiger partial charge in [0.1, 0.15) is 0 Å². The Morgan fingerprint density at radius 2 is 1.95 bits per heavy atom. The Labute approximate surface area is 126 Å². The zero-order valence-corrected chi connectivity index (χ0v) is 12.5. The highest BCUT2D eigenvalue weighted by Crippen LogP contribution is 2.26. The molecule has 106 valence electrons. The van der Waals surface area contributed by atoms with E-state index in [0.717, 1.165) is 49.0 Å². The van der Waals surface area contributed by atoms with Crippen molar-refractivity contribution in [3.63, 3.8) is 0 Å². The highest BCUT2D eigenvalue weighted by atomic mass is 35.5. The first-order valence-corrected chi connectivity index (χ1v) is 7.70. The highest BCUT2D eigenvalue weighted by Gasteiger charge is 2.16. The van der Waals surface area contributed by atoms with Crippen LogP contribution in [0.15, 0.2) is 29.1 Å². The Bertz CT molecular complexity index is 629. The standard InChI is InChI=1S/C14H15ClN2O2S/c15-11-3-1-10(2-4-11)13-12(20-14(18)16-13)9-17-5-7-19-8-6-17/h1-4H,5-9H2,(H,16,18). The molecule has 4 nitrogen and oxygen atoms in total. The topological polar surface area (TPSA) is 45.3 Å². The maximum absolute atomic E-state index is 11.7. The van der Waals surface area contributed by atoms with Crippen molar-refractivity contribution in [2.24, 2.45) is 0 Å². The van der Waals surface area contributed by atoms with Gasteiger partial charge in [0.2, 0.25) is 0 Å². The molecule has 2 heterocycles. The zero-order chi connectivity index (χ0) is 13.9. The first-order valence-electron chi connectivity index (χ1n) is 6.50. The molecule has 0 saturated carbocycles. The Kier molecular flexibility index (Phi) is 4.21. The van der Waals surface area contributed by atoms with Crippen LogP contribution in [0.4, 0.5) is 0 Å². The van der Waals surface area contributed by atoms with Gasteiger partial charge < -0.3 is 9.72 Å². The summed E-state index contributed by atoms with van der Waals surface area (Å²) < 4.78 is 5.35. The molecule has 1 fully saturated rings. The van der Waals surface area contributed by atoms with Crippen LogP contribution in [0.2, 0.25) is 5.02 Å². The summed E-state index contributed by atoms with van der Waals surface area (Å²) in [6, 6.07) is 7.54.